The summed E-state index contributed by atoms with van der Waals surface area (Å²) in [5, 5.41) is 7.13. The molecule has 1 aromatic carbocycles. The highest BCUT2D eigenvalue weighted by atomic mass is 35.5. The molecule has 0 bridgehead atoms. The zero-order valence-electron chi connectivity index (χ0n) is 12.9. The summed E-state index contributed by atoms with van der Waals surface area (Å²) < 4.78 is 0. The Morgan fingerprint density at radius 3 is 2.57 bits per heavy atom. The molecule has 0 radical (unpaired) electrons. The zero-order chi connectivity index (χ0) is 15.2. The van der Waals surface area contributed by atoms with Crippen molar-refractivity contribution in [1.29, 1.82) is 0 Å². The number of anilines is 2. The molecular weight excluding hydrogens is 284 g/mol. The molecule has 0 unspecified atom stereocenters. The highest BCUT2D eigenvalue weighted by Gasteiger charge is 2.20. The molecule has 1 aromatic rings. The smallest absolute Gasteiger partial charge is 0.224 e. The number of carbonyl (C=O) groups is 1. The molecule has 0 aromatic heterocycles. The Kier molecular flexibility index (Phi) is 5.92. The van der Waals surface area contributed by atoms with Gasteiger partial charge < -0.3 is 10.6 Å². The van der Waals surface area contributed by atoms with E-state index in [4.69, 9.17) is 11.6 Å². The van der Waals surface area contributed by atoms with Crippen LogP contribution in [0.4, 0.5) is 11.4 Å². The van der Waals surface area contributed by atoms with Crippen molar-refractivity contribution in [3.05, 3.63) is 23.2 Å². The summed E-state index contributed by atoms with van der Waals surface area (Å²) in [5.41, 5.74) is 1.72. The first-order valence-electron chi connectivity index (χ1n) is 7.98. The third-order valence-electron chi connectivity index (χ3n) is 4.35. The Morgan fingerprint density at radius 2 is 1.95 bits per heavy atom. The van der Waals surface area contributed by atoms with Crippen molar-refractivity contribution in [1.82, 2.24) is 0 Å². The molecule has 1 aliphatic carbocycles. The van der Waals surface area contributed by atoms with Crippen molar-refractivity contribution in [2.45, 2.75) is 58.4 Å². The average molecular weight is 309 g/mol. The molecule has 0 heterocycles. The average Bonchev–Trinajstić information content (AvgIpc) is 2.51. The van der Waals surface area contributed by atoms with Crippen LogP contribution in [0.25, 0.3) is 0 Å². The van der Waals surface area contributed by atoms with E-state index in [9.17, 15) is 4.79 Å². The van der Waals surface area contributed by atoms with Gasteiger partial charge in [-0.3, -0.25) is 4.79 Å². The van der Waals surface area contributed by atoms with Gasteiger partial charge in [0.1, 0.15) is 0 Å². The maximum absolute atomic E-state index is 11.5. The van der Waals surface area contributed by atoms with Crippen molar-refractivity contribution in [3.63, 3.8) is 0 Å². The van der Waals surface area contributed by atoms with Crippen LogP contribution in [-0.2, 0) is 4.79 Å². The van der Waals surface area contributed by atoms with Crippen molar-refractivity contribution in [3.8, 4) is 0 Å². The number of benzene rings is 1. The van der Waals surface area contributed by atoms with E-state index < -0.39 is 0 Å². The highest BCUT2D eigenvalue weighted by molar-refractivity contribution is 6.33. The first kappa shape index (κ1) is 16.2. The fourth-order valence-electron chi connectivity index (χ4n) is 2.90. The van der Waals surface area contributed by atoms with Crippen LogP contribution in [0.2, 0.25) is 5.02 Å². The molecule has 1 saturated carbocycles. The summed E-state index contributed by atoms with van der Waals surface area (Å²) in [6.45, 7) is 4.12. The normalized spacial score (nSPS) is 21.9. The molecule has 0 spiro atoms. The fraction of sp³-hybridized carbons (Fsp3) is 0.588. The Balaban J connectivity index is 1.99. The van der Waals surface area contributed by atoms with E-state index in [1.54, 1.807) is 0 Å². The minimum Gasteiger partial charge on any atom is -0.381 e. The molecule has 2 N–H and O–H groups in total. The molecular formula is C17H25ClN2O. The van der Waals surface area contributed by atoms with Crippen molar-refractivity contribution in [2.24, 2.45) is 5.92 Å². The lowest BCUT2D eigenvalue weighted by atomic mass is 9.84. The van der Waals surface area contributed by atoms with Crippen LogP contribution < -0.4 is 10.6 Å². The molecule has 1 fully saturated rings. The fourth-order valence-corrected chi connectivity index (χ4v) is 3.07. The number of halogens is 1. The van der Waals surface area contributed by atoms with E-state index in [1.165, 1.54) is 32.1 Å². The van der Waals surface area contributed by atoms with Crippen LogP contribution in [0.15, 0.2) is 18.2 Å². The van der Waals surface area contributed by atoms with Crippen LogP contribution in [-0.4, -0.2) is 11.9 Å². The summed E-state index contributed by atoms with van der Waals surface area (Å²) in [7, 11) is 0. The standard InChI is InChI=1S/C17H25ClN2O/c1-3-12-5-7-13(8-6-12)19-16-11-14(9-10-15(16)18)20-17(21)4-2/h9-13,19H,3-8H2,1-2H3,(H,20,21). The van der Waals surface area contributed by atoms with Crippen LogP contribution in [0.3, 0.4) is 0 Å². The van der Waals surface area contributed by atoms with Crippen molar-refractivity contribution >= 4 is 28.9 Å². The quantitative estimate of drug-likeness (QED) is 0.797. The Labute approximate surface area is 132 Å². The Hall–Kier alpha value is -1.22. The number of carbonyl (C=O) groups excluding carboxylic acids is 1. The van der Waals surface area contributed by atoms with E-state index in [-0.39, 0.29) is 5.91 Å². The van der Waals surface area contributed by atoms with Crippen molar-refractivity contribution in [2.75, 3.05) is 10.6 Å². The molecule has 0 aliphatic heterocycles. The largest absolute Gasteiger partial charge is 0.381 e. The van der Waals surface area contributed by atoms with Gasteiger partial charge >= 0.3 is 0 Å². The summed E-state index contributed by atoms with van der Waals surface area (Å²) in [5.74, 6) is 0.903. The van der Waals surface area contributed by atoms with Gasteiger partial charge in [-0.1, -0.05) is 31.9 Å². The number of rotatable bonds is 5. The number of nitrogens with one attached hydrogen (secondary N) is 2. The van der Waals surface area contributed by atoms with Gasteiger partial charge in [-0.15, -0.1) is 0 Å². The Morgan fingerprint density at radius 1 is 1.24 bits per heavy atom. The lowest BCUT2D eigenvalue weighted by Crippen LogP contribution is -2.26. The minimum atomic E-state index is 0.0201. The van der Waals surface area contributed by atoms with Crippen LogP contribution in [0.5, 0.6) is 0 Å². The van der Waals surface area contributed by atoms with Crippen LogP contribution in [0.1, 0.15) is 52.4 Å². The molecule has 1 aliphatic rings. The Bertz CT molecular complexity index is 482. The molecule has 116 valence electrons. The third kappa shape index (κ3) is 4.63. The van der Waals surface area contributed by atoms with E-state index in [0.29, 0.717) is 17.5 Å². The zero-order valence-corrected chi connectivity index (χ0v) is 13.7. The van der Waals surface area contributed by atoms with Gasteiger partial charge in [0.25, 0.3) is 0 Å². The van der Waals surface area contributed by atoms with E-state index in [0.717, 1.165) is 17.3 Å². The van der Waals surface area contributed by atoms with Crippen molar-refractivity contribution < 1.29 is 4.79 Å². The second-order valence-corrected chi connectivity index (χ2v) is 6.27. The van der Waals surface area contributed by atoms with E-state index >= 15 is 0 Å². The second-order valence-electron chi connectivity index (χ2n) is 5.87. The predicted octanol–water partition coefficient (Wildman–Crippen LogP) is 5.07. The first-order chi connectivity index (χ1) is 10.1. The third-order valence-corrected chi connectivity index (χ3v) is 4.68. The molecule has 3 nitrogen and oxygen atoms in total. The van der Waals surface area contributed by atoms with E-state index in [1.807, 2.05) is 25.1 Å². The van der Waals surface area contributed by atoms with Crippen LogP contribution in [0, 0.1) is 5.92 Å². The SMILES string of the molecule is CCC(=O)Nc1ccc(Cl)c(NC2CCC(CC)CC2)c1. The topological polar surface area (TPSA) is 41.1 Å². The number of amides is 1. The number of hydrogen-bond acceptors (Lipinski definition) is 2. The van der Waals surface area contributed by atoms with Gasteiger partial charge in [-0.2, -0.15) is 0 Å². The van der Waals surface area contributed by atoms with Gasteiger partial charge in [0.05, 0.1) is 10.7 Å². The molecule has 0 atom stereocenters. The van der Waals surface area contributed by atoms with Gasteiger partial charge in [0.15, 0.2) is 0 Å². The number of hydrogen-bond donors (Lipinski definition) is 2. The molecule has 21 heavy (non-hydrogen) atoms. The lowest BCUT2D eigenvalue weighted by molar-refractivity contribution is -0.115. The minimum absolute atomic E-state index is 0.0201. The maximum Gasteiger partial charge on any atom is 0.224 e. The lowest BCUT2D eigenvalue weighted by Gasteiger charge is -2.29. The van der Waals surface area contributed by atoms with Gasteiger partial charge in [-0.25, -0.2) is 0 Å². The predicted molar refractivity (Wildman–Crippen MR) is 90.0 cm³/mol. The van der Waals surface area contributed by atoms with Crippen LogP contribution >= 0.6 is 11.6 Å². The highest BCUT2D eigenvalue weighted by Crippen LogP contribution is 2.31. The maximum atomic E-state index is 11.5. The summed E-state index contributed by atoms with van der Waals surface area (Å²) in [6.07, 6.45) is 6.73. The first-order valence-corrected chi connectivity index (χ1v) is 8.36. The molecule has 1 amide bonds. The molecule has 2 rings (SSSR count). The second kappa shape index (κ2) is 7.69. The van der Waals surface area contributed by atoms with E-state index in [2.05, 4.69) is 17.6 Å². The monoisotopic (exact) mass is 308 g/mol. The summed E-state index contributed by atoms with van der Waals surface area (Å²) >= 11 is 6.27. The summed E-state index contributed by atoms with van der Waals surface area (Å²) in [6, 6.07) is 6.10. The van der Waals surface area contributed by atoms with Gasteiger partial charge in [-0.05, 0) is 49.8 Å². The molecule has 4 heteroatoms. The molecule has 0 saturated heterocycles. The van der Waals surface area contributed by atoms with Gasteiger partial charge in [0, 0.05) is 18.2 Å². The van der Waals surface area contributed by atoms with Gasteiger partial charge in [0.2, 0.25) is 5.91 Å². The summed E-state index contributed by atoms with van der Waals surface area (Å²) in [4.78, 5) is 11.5.